The maximum Gasteiger partial charge on any atom is 0.334 e. The maximum absolute atomic E-state index is 13.5. The Bertz CT molecular complexity index is 1060. The zero-order valence-electron chi connectivity index (χ0n) is 21.6. The van der Waals surface area contributed by atoms with E-state index in [1.807, 2.05) is 13.8 Å². The molecule has 8 nitrogen and oxygen atoms in total. The lowest BCUT2D eigenvalue weighted by Gasteiger charge is -2.43. The second-order valence-electron chi connectivity index (χ2n) is 8.56. The Hall–Kier alpha value is -2.88. The fourth-order valence-corrected chi connectivity index (χ4v) is 4.21. The van der Waals surface area contributed by atoms with E-state index in [0.29, 0.717) is 47.1 Å². The van der Waals surface area contributed by atoms with Crippen LogP contribution < -0.4 is 5.32 Å². The largest absolute Gasteiger partial charge is 0.335 e. The summed E-state index contributed by atoms with van der Waals surface area (Å²) in [6, 6.07) is 10.4. The van der Waals surface area contributed by atoms with Crippen LogP contribution in [0.3, 0.4) is 0 Å². The fraction of sp³-hybridized carbons (Fsp3) is 0.423. The van der Waals surface area contributed by atoms with Crippen molar-refractivity contribution in [1.82, 2.24) is 25.1 Å². The van der Waals surface area contributed by atoms with Crippen LogP contribution in [0.1, 0.15) is 38.3 Å². The Labute approximate surface area is 227 Å². The summed E-state index contributed by atoms with van der Waals surface area (Å²) >= 11 is 12.4. The minimum atomic E-state index is -0.800. The van der Waals surface area contributed by atoms with Crippen LogP contribution in [0.5, 0.6) is 0 Å². The van der Waals surface area contributed by atoms with Crippen LogP contribution in [0.4, 0.5) is 9.18 Å². The third kappa shape index (κ3) is 8.87. The van der Waals surface area contributed by atoms with Crippen LogP contribution in [0.15, 0.2) is 42.5 Å². The Kier molecular flexibility index (Phi) is 12.1. The van der Waals surface area contributed by atoms with Gasteiger partial charge in [0.1, 0.15) is 12.0 Å². The van der Waals surface area contributed by atoms with Crippen LogP contribution in [-0.4, -0.2) is 71.0 Å². The van der Waals surface area contributed by atoms with Crippen LogP contribution in [0.25, 0.3) is 0 Å². The monoisotopic (exact) mass is 553 g/mol. The molecule has 0 saturated heterocycles. The van der Waals surface area contributed by atoms with Crippen molar-refractivity contribution in [2.24, 2.45) is 0 Å². The van der Waals surface area contributed by atoms with Crippen LogP contribution in [0, 0.1) is 5.82 Å². The van der Waals surface area contributed by atoms with E-state index in [1.165, 1.54) is 33.9 Å². The molecule has 0 aromatic heterocycles. The third-order valence-corrected chi connectivity index (χ3v) is 6.47. The lowest BCUT2D eigenvalue weighted by molar-refractivity contribution is -0.140. The molecule has 0 aliphatic rings. The zero-order chi connectivity index (χ0) is 27.5. The number of hydrogen-bond donors (Lipinski definition) is 1. The second kappa shape index (κ2) is 14.8. The SMILES string of the molecule is CCCN(C=O)C(CN(Cc1ccc(Cl)cc1Cl)C(C)=O)N(C(=O)NCc1ccc(F)cc1)N(C)CC. The van der Waals surface area contributed by atoms with Crippen molar-refractivity contribution in [3.63, 3.8) is 0 Å². The molecule has 2 aromatic carbocycles. The van der Waals surface area contributed by atoms with E-state index < -0.39 is 12.2 Å². The lowest BCUT2D eigenvalue weighted by Crippen LogP contribution is -2.63. The molecule has 37 heavy (non-hydrogen) atoms. The molecule has 0 heterocycles. The van der Waals surface area contributed by atoms with Crippen molar-refractivity contribution in [3.05, 3.63) is 69.5 Å². The summed E-state index contributed by atoms with van der Waals surface area (Å²) in [5, 5.41) is 6.86. The van der Waals surface area contributed by atoms with Gasteiger partial charge in [-0.2, -0.15) is 0 Å². The normalized spacial score (nSPS) is 11.7. The maximum atomic E-state index is 13.5. The molecule has 202 valence electrons. The molecule has 0 fully saturated rings. The van der Waals surface area contributed by atoms with Crippen LogP contribution >= 0.6 is 23.2 Å². The van der Waals surface area contributed by atoms with Gasteiger partial charge in [-0.25, -0.2) is 19.2 Å². The number of nitrogens with zero attached hydrogens (tertiary/aromatic N) is 4. The summed E-state index contributed by atoms with van der Waals surface area (Å²) < 4.78 is 13.3. The molecule has 4 amide bonds. The third-order valence-electron chi connectivity index (χ3n) is 5.88. The van der Waals surface area contributed by atoms with Crippen molar-refractivity contribution in [2.45, 2.75) is 46.4 Å². The van der Waals surface area contributed by atoms with Gasteiger partial charge in [0.25, 0.3) is 0 Å². The van der Waals surface area contributed by atoms with Crippen molar-refractivity contribution in [3.8, 4) is 0 Å². The molecular weight excluding hydrogens is 520 g/mol. The van der Waals surface area contributed by atoms with E-state index in [-0.39, 0.29) is 31.4 Å². The number of rotatable bonds is 13. The average molecular weight is 554 g/mol. The predicted molar refractivity (Wildman–Crippen MR) is 143 cm³/mol. The first-order valence-electron chi connectivity index (χ1n) is 12.0. The second-order valence-corrected chi connectivity index (χ2v) is 9.41. The van der Waals surface area contributed by atoms with E-state index in [0.717, 1.165) is 0 Å². The predicted octanol–water partition coefficient (Wildman–Crippen LogP) is 4.75. The average Bonchev–Trinajstić information content (AvgIpc) is 2.87. The summed E-state index contributed by atoms with van der Waals surface area (Å²) in [6.45, 7) is 6.43. The smallest absolute Gasteiger partial charge is 0.334 e. The molecule has 0 aliphatic heterocycles. The number of hydrogen-bond acceptors (Lipinski definition) is 4. The molecule has 0 radical (unpaired) electrons. The highest BCUT2D eigenvalue weighted by Gasteiger charge is 2.33. The number of carbonyl (C=O) groups is 3. The first-order chi connectivity index (χ1) is 17.6. The Balaban J connectivity index is 2.38. The number of hydrazine groups is 1. The molecule has 0 aliphatic carbocycles. The fourth-order valence-electron chi connectivity index (χ4n) is 3.74. The van der Waals surface area contributed by atoms with Gasteiger partial charge in [-0.1, -0.05) is 55.2 Å². The van der Waals surface area contributed by atoms with Crippen molar-refractivity contribution < 1.29 is 18.8 Å². The van der Waals surface area contributed by atoms with E-state index >= 15 is 0 Å². The van der Waals surface area contributed by atoms with Gasteiger partial charge in [-0.05, 0) is 41.8 Å². The van der Waals surface area contributed by atoms with Gasteiger partial charge in [0.2, 0.25) is 12.3 Å². The number of amides is 4. The number of halogens is 3. The van der Waals surface area contributed by atoms with Crippen molar-refractivity contribution in [1.29, 1.82) is 0 Å². The van der Waals surface area contributed by atoms with Gasteiger partial charge >= 0.3 is 6.03 Å². The summed E-state index contributed by atoms with van der Waals surface area (Å²) in [4.78, 5) is 41.4. The number of carbonyl (C=O) groups excluding carboxylic acids is 3. The quantitative estimate of drug-likeness (QED) is 0.220. The molecule has 2 rings (SSSR count). The molecule has 11 heteroatoms. The summed E-state index contributed by atoms with van der Waals surface area (Å²) in [7, 11) is 1.73. The summed E-state index contributed by atoms with van der Waals surface area (Å²) in [5.41, 5.74) is 1.40. The van der Waals surface area contributed by atoms with E-state index in [1.54, 1.807) is 42.4 Å². The van der Waals surface area contributed by atoms with Crippen molar-refractivity contribution >= 4 is 41.6 Å². The standard InChI is InChI=1S/C26H34Cl2FN5O3/c1-5-13-32(18-35)25(17-33(19(3)36)16-21-9-10-22(27)14-24(21)28)34(31(4)6-2)26(37)30-15-20-7-11-23(29)12-8-20/h7-12,14,18,25H,5-6,13,15-17H2,1-4H3,(H,30,37). The molecule has 0 spiro atoms. The van der Waals surface area contributed by atoms with E-state index in [9.17, 15) is 18.8 Å². The highest BCUT2D eigenvalue weighted by Crippen LogP contribution is 2.23. The van der Waals surface area contributed by atoms with Gasteiger partial charge in [0.15, 0.2) is 0 Å². The number of nitrogens with one attached hydrogen (secondary N) is 1. The molecule has 2 aromatic rings. The number of urea groups is 1. The van der Waals surface area contributed by atoms with Gasteiger partial charge in [0.05, 0.1) is 6.54 Å². The van der Waals surface area contributed by atoms with Gasteiger partial charge in [-0.15, -0.1) is 0 Å². The topological polar surface area (TPSA) is 76.2 Å². The molecule has 1 atom stereocenters. The zero-order valence-corrected chi connectivity index (χ0v) is 23.1. The van der Waals surface area contributed by atoms with Gasteiger partial charge < -0.3 is 15.1 Å². The van der Waals surface area contributed by atoms with Crippen LogP contribution in [0.2, 0.25) is 10.0 Å². The van der Waals surface area contributed by atoms with E-state index in [2.05, 4.69) is 5.32 Å². The molecule has 1 N–H and O–H groups in total. The van der Waals surface area contributed by atoms with Crippen LogP contribution in [-0.2, 0) is 22.7 Å². The minimum absolute atomic E-state index is 0.0430. The van der Waals surface area contributed by atoms with Crippen molar-refractivity contribution in [2.75, 3.05) is 26.7 Å². The number of benzene rings is 2. The summed E-state index contributed by atoms with van der Waals surface area (Å²) in [5.74, 6) is -0.613. The highest BCUT2D eigenvalue weighted by molar-refractivity contribution is 6.35. The molecule has 1 unspecified atom stereocenters. The lowest BCUT2D eigenvalue weighted by atomic mass is 10.2. The molecular formula is C26H34Cl2FN5O3. The van der Waals surface area contributed by atoms with Gasteiger partial charge in [0, 0.05) is 50.2 Å². The Morgan fingerprint density at radius 1 is 1.11 bits per heavy atom. The Morgan fingerprint density at radius 3 is 2.32 bits per heavy atom. The van der Waals surface area contributed by atoms with Gasteiger partial charge in [-0.3, -0.25) is 9.59 Å². The summed E-state index contributed by atoms with van der Waals surface area (Å²) in [6.07, 6.45) is 0.538. The first kappa shape index (κ1) is 30.3. The minimum Gasteiger partial charge on any atom is -0.335 e. The van der Waals surface area contributed by atoms with E-state index in [4.69, 9.17) is 23.2 Å². The molecule has 0 saturated carbocycles. The Morgan fingerprint density at radius 2 is 1.78 bits per heavy atom. The molecule has 0 bridgehead atoms. The highest BCUT2D eigenvalue weighted by atomic mass is 35.5. The first-order valence-corrected chi connectivity index (χ1v) is 12.8.